The van der Waals surface area contributed by atoms with Gasteiger partial charge in [0.05, 0.1) is 5.69 Å². The van der Waals surface area contributed by atoms with Gasteiger partial charge in [0.25, 0.3) is 0 Å². The van der Waals surface area contributed by atoms with Crippen LogP contribution in [0.5, 0.6) is 0 Å². The van der Waals surface area contributed by atoms with E-state index in [9.17, 15) is 0 Å². The van der Waals surface area contributed by atoms with E-state index < -0.39 is 0 Å². The summed E-state index contributed by atoms with van der Waals surface area (Å²) in [6.07, 6.45) is 4.07. The molecule has 0 aliphatic carbocycles. The minimum absolute atomic E-state index is 0.818. The smallest absolute Gasteiger partial charge is 0.0762 e. The molecule has 0 atom stereocenters. The number of nitrogens with one attached hydrogen (secondary N) is 1. The third-order valence-electron chi connectivity index (χ3n) is 2.68. The van der Waals surface area contributed by atoms with Gasteiger partial charge >= 0.3 is 0 Å². The van der Waals surface area contributed by atoms with Gasteiger partial charge in [0.15, 0.2) is 0 Å². The molecule has 4 nitrogen and oxygen atoms in total. The van der Waals surface area contributed by atoms with Crippen LogP contribution in [0.4, 0.5) is 0 Å². The zero-order valence-electron chi connectivity index (χ0n) is 9.85. The molecule has 0 fully saturated rings. The first-order chi connectivity index (χ1) is 7.79. The predicted octanol–water partition coefficient (Wildman–Crippen LogP) is 1.53. The maximum atomic E-state index is 4.42. The molecule has 0 spiro atoms. The first-order valence-electron chi connectivity index (χ1n) is 5.63. The normalized spacial score (nSPS) is 10.9. The third-order valence-corrected chi connectivity index (χ3v) is 2.68. The molecule has 2 aromatic rings. The molecule has 0 bridgehead atoms. The summed E-state index contributed by atoms with van der Waals surface area (Å²) in [5.41, 5.74) is 2.38. The highest BCUT2D eigenvalue weighted by Crippen LogP contribution is 2.00. The second-order valence-electron chi connectivity index (χ2n) is 3.88. The molecule has 4 heteroatoms. The highest BCUT2D eigenvalue weighted by molar-refractivity contribution is 5.06. The number of hydrogen-bond donors (Lipinski definition) is 1. The highest BCUT2D eigenvalue weighted by Gasteiger charge is 1.99. The zero-order valence-corrected chi connectivity index (χ0v) is 9.85. The summed E-state index contributed by atoms with van der Waals surface area (Å²) in [5, 5.41) is 7.80. The topological polar surface area (TPSA) is 34.8 Å². The summed E-state index contributed by atoms with van der Waals surface area (Å²) in [6.45, 7) is 4.71. The van der Waals surface area contributed by atoms with Gasteiger partial charge in [-0.25, -0.2) is 0 Å². The fourth-order valence-electron chi connectivity index (χ4n) is 1.67. The van der Waals surface area contributed by atoms with Crippen LogP contribution in [0.1, 0.15) is 18.3 Å². The SMILES string of the molecule is CCn1ccc(CNCc2cccn2C)n1. The van der Waals surface area contributed by atoms with Crippen molar-refractivity contribution in [2.75, 3.05) is 0 Å². The minimum atomic E-state index is 0.818. The van der Waals surface area contributed by atoms with Gasteiger partial charge in [-0.15, -0.1) is 0 Å². The molecule has 2 heterocycles. The van der Waals surface area contributed by atoms with Crippen LogP contribution in [-0.4, -0.2) is 14.3 Å². The van der Waals surface area contributed by atoms with Crippen LogP contribution < -0.4 is 5.32 Å². The molecule has 2 aromatic heterocycles. The summed E-state index contributed by atoms with van der Waals surface area (Å²) < 4.78 is 4.07. The van der Waals surface area contributed by atoms with Crippen LogP contribution in [0.15, 0.2) is 30.6 Å². The van der Waals surface area contributed by atoms with Crippen molar-refractivity contribution < 1.29 is 0 Å². The second kappa shape index (κ2) is 4.99. The lowest BCUT2D eigenvalue weighted by molar-refractivity contribution is 0.609. The molecule has 0 unspecified atom stereocenters. The molecule has 0 saturated heterocycles. The van der Waals surface area contributed by atoms with Gasteiger partial charge in [-0.1, -0.05) is 0 Å². The molecule has 0 radical (unpaired) electrons. The average molecular weight is 218 g/mol. The number of hydrogen-bond acceptors (Lipinski definition) is 2. The molecular weight excluding hydrogens is 200 g/mol. The summed E-state index contributed by atoms with van der Waals surface area (Å²) in [7, 11) is 2.06. The van der Waals surface area contributed by atoms with Gasteiger partial charge in [-0.2, -0.15) is 5.10 Å². The third kappa shape index (κ3) is 2.52. The quantitative estimate of drug-likeness (QED) is 0.826. The second-order valence-corrected chi connectivity index (χ2v) is 3.88. The van der Waals surface area contributed by atoms with E-state index >= 15 is 0 Å². The van der Waals surface area contributed by atoms with Gasteiger partial charge < -0.3 is 9.88 Å². The van der Waals surface area contributed by atoms with E-state index in [1.165, 1.54) is 5.69 Å². The molecule has 0 saturated carbocycles. The fraction of sp³-hybridized carbons (Fsp3) is 0.417. The zero-order chi connectivity index (χ0) is 11.4. The van der Waals surface area contributed by atoms with E-state index in [-0.39, 0.29) is 0 Å². The summed E-state index contributed by atoms with van der Waals surface area (Å²) in [4.78, 5) is 0. The van der Waals surface area contributed by atoms with Crippen molar-refractivity contribution in [2.24, 2.45) is 7.05 Å². The maximum absolute atomic E-state index is 4.42. The lowest BCUT2D eigenvalue weighted by Gasteiger charge is -2.04. The van der Waals surface area contributed by atoms with Crippen molar-refractivity contribution in [3.8, 4) is 0 Å². The van der Waals surface area contributed by atoms with E-state index in [1.54, 1.807) is 0 Å². The Kier molecular flexibility index (Phi) is 3.41. The molecule has 0 amide bonds. The van der Waals surface area contributed by atoms with Crippen LogP contribution in [-0.2, 0) is 26.7 Å². The Hall–Kier alpha value is -1.55. The Bertz CT molecular complexity index is 441. The molecule has 0 aliphatic heterocycles. The largest absolute Gasteiger partial charge is 0.353 e. The molecule has 2 rings (SSSR count). The van der Waals surface area contributed by atoms with Crippen LogP contribution in [0.2, 0.25) is 0 Å². The number of nitrogens with zero attached hydrogens (tertiary/aromatic N) is 3. The highest BCUT2D eigenvalue weighted by atomic mass is 15.3. The first-order valence-corrected chi connectivity index (χ1v) is 5.63. The van der Waals surface area contributed by atoms with Crippen molar-refractivity contribution in [1.29, 1.82) is 0 Å². The predicted molar refractivity (Wildman–Crippen MR) is 63.9 cm³/mol. The van der Waals surface area contributed by atoms with Crippen LogP contribution in [0.3, 0.4) is 0 Å². The number of aromatic nitrogens is 3. The lowest BCUT2D eigenvalue weighted by atomic mass is 10.4. The Labute approximate surface area is 95.9 Å². The van der Waals surface area contributed by atoms with E-state index in [1.807, 2.05) is 10.9 Å². The van der Waals surface area contributed by atoms with Gasteiger partial charge in [0, 0.05) is 44.8 Å². The van der Waals surface area contributed by atoms with Gasteiger partial charge in [-0.05, 0) is 25.1 Å². The van der Waals surface area contributed by atoms with Gasteiger partial charge in [0.1, 0.15) is 0 Å². The van der Waals surface area contributed by atoms with Crippen molar-refractivity contribution in [3.05, 3.63) is 42.0 Å². The van der Waals surface area contributed by atoms with Gasteiger partial charge in [-0.3, -0.25) is 4.68 Å². The monoisotopic (exact) mass is 218 g/mol. The molecule has 0 aromatic carbocycles. The standard InChI is InChI=1S/C12H18N4/c1-3-16-8-6-11(14-16)9-13-10-12-5-4-7-15(12)2/h4-8,13H,3,9-10H2,1-2H3. The molecular formula is C12H18N4. The Balaban J connectivity index is 1.82. The van der Waals surface area contributed by atoms with Crippen LogP contribution >= 0.6 is 0 Å². The van der Waals surface area contributed by atoms with Crippen molar-refractivity contribution >= 4 is 0 Å². The van der Waals surface area contributed by atoms with Crippen molar-refractivity contribution in [1.82, 2.24) is 19.7 Å². The average Bonchev–Trinajstić information content (AvgIpc) is 2.89. The summed E-state index contributed by atoms with van der Waals surface area (Å²) in [6, 6.07) is 6.24. The van der Waals surface area contributed by atoms with Crippen molar-refractivity contribution in [3.63, 3.8) is 0 Å². The van der Waals surface area contributed by atoms with Crippen molar-refractivity contribution in [2.45, 2.75) is 26.6 Å². The Morgan fingerprint density at radius 2 is 2.12 bits per heavy atom. The minimum Gasteiger partial charge on any atom is -0.353 e. The summed E-state index contributed by atoms with van der Waals surface area (Å²) >= 11 is 0. The molecule has 16 heavy (non-hydrogen) atoms. The number of aryl methyl sites for hydroxylation is 2. The van der Waals surface area contributed by atoms with E-state index in [4.69, 9.17) is 0 Å². The Morgan fingerprint density at radius 3 is 2.75 bits per heavy atom. The van der Waals surface area contributed by atoms with E-state index in [0.29, 0.717) is 0 Å². The van der Waals surface area contributed by atoms with E-state index in [0.717, 1.165) is 25.3 Å². The number of rotatable bonds is 5. The molecule has 0 aliphatic rings. The molecule has 86 valence electrons. The Morgan fingerprint density at radius 1 is 1.25 bits per heavy atom. The maximum Gasteiger partial charge on any atom is 0.0762 e. The fourth-order valence-corrected chi connectivity index (χ4v) is 1.67. The summed E-state index contributed by atoms with van der Waals surface area (Å²) in [5.74, 6) is 0. The van der Waals surface area contributed by atoms with Crippen LogP contribution in [0.25, 0.3) is 0 Å². The first kappa shape index (κ1) is 11.0. The van der Waals surface area contributed by atoms with Gasteiger partial charge in [0.2, 0.25) is 0 Å². The molecule has 1 N–H and O–H groups in total. The lowest BCUT2D eigenvalue weighted by Crippen LogP contribution is -2.15. The van der Waals surface area contributed by atoms with E-state index in [2.05, 4.69) is 53.3 Å². The van der Waals surface area contributed by atoms with Crippen LogP contribution in [0, 0.1) is 0 Å².